The third-order valence-corrected chi connectivity index (χ3v) is 1.99. The van der Waals surface area contributed by atoms with E-state index in [9.17, 15) is 8.78 Å². The first-order chi connectivity index (χ1) is 6.61. The molecule has 1 aromatic rings. The van der Waals surface area contributed by atoms with Gasteiger partial charge in [-0.1, -0.05) is 0 Å². The van der Waals surface area contributed by atoms with E-state index >= 15 is 0 Å². The standard InChI is InChI=1S/C8H6ClF2N3/c9-1-5-4(2-12)3-14-7(6(5)13)8(10)11/h3,8H,1,13H2. The molecule has 0 spiro atoms. The van der Waals surface area contributed by atoms with Crippen molar-refractivity contribution in [1.29, 1.82) is 5.26 Å². The lowest BCUT2D eigenvalue weighted by Crippen LogP contribution is -2.04. The van der Waals surface area contributed by atoms with Gasteiger partial charge in [0, 0.05) is 11.8 Å². The highest BCUT2D eigenvalue weighted by Crippen LogP contribution is 2.28. The molecular weight excluding hydrogens is 212 g/mol. The molecule has 1 aromatic heterocycles. The summed E-state index contributed by atoms with van der Waals surface area (Å²) in [7, 11) is 0. The molecule has 1 rings (SSSR count). The monoisotopic (exact) mass is 217 g/mol. The molecule has 6 heteroatoms. The Morgan fingerprint density at radius 3 is 2.71 bits per heavy atom. The van der Waals surface area contributed by atoms with E-state index in [1.54, 1.807) is 6.07 Å². The van der Waals surface area contributed by atoms with Crippen LogP contribution in [0.2, 0.25) is 0 Å². The Balaban J connectivity index is 3.37. The van der Waals surface area contributed by atoms with E-state index in [0.717, 1.165) is 6.20 Å². The topological polar surface area (TPSA) is 62.7 Å². The largest absolute Gasteiger partial charge is 0.397 e. The van der Waals surface area contributed by atoms with Crippen LogP contribution in [0, 0.1) is 11.3 Å². The van der Waals surface area contributed by atoms with Gasteiger partial charge >= 0.3 is 0 Å². The Kier molecular flexibility index (Phi) is 3.20. The molecule has 0 aromatic carbocycles. The lowest BCUT2D eigenvalue weighted by Gasteiger charge is -2.08. The first-order valence-electron chi connectivity index (χ1n) is 3.63. The Morgan fingerprint density at radius 2 is 2.29 bits per heavy atom. The van der Waals surface area contributed by atoms with Crippen molar-refractivity contribution in [2.75, 3.05) is 5.73 Å². The summed E-state index contributed by atoms with van der Waals surface area (Å²) in [6.45, 7) is 0. The van der Waals surface area contributed by atoms with Gasteiger partial charge in [-0.15, -0.1) is 11.6 Å². The molecule has 0 aliphatic rings. The van der Waals surface area contributed by atoms with Crippen molar-refractivity contribution in [2.24, 2.45) is 0 Å². The zero-order valence-electron chi connectivity index (χ0n) is 6.97. The average molecular weight is 218 g/mol. The Hall–Kier alpha value is -1.41. The first kappa shape index (κ1) is 10.7. The predicted octanol–water partition coefficient (Wildman–Crippen LogP) is 2.21. The summed E-state index contributed by atoms with van der Waals surface area (Å²) in [5.74, 6) is -0.0863. The van der Waals surface area contributed by atoms with E-state index in [1.807, 2.05) is 0 Å². The van der Waals surface area contributed by atoms with Gasteiger partial charge in [-0.05, 0) is 0 Å². The van der Waals surface area contributed by atoms with Gasteiger partial charge in [0.05, 0.1) is 17.1 Å². The number of nitrogens with two attached hydrogens (primary N) is 1. The lowest BCUT2D eigenvalue weighted by atomic mass is 10.1. The van der Waals surface area contributed by atoms with E-state index in [1.165, 1.54) is 0 Å². The Morgan fingerprint density at radius 1 is 1.64 bits per heavy atom. The van der Waals surface area contributed by atoms with Crippen LogP contribution >= 0.6 is 11.6 Å². The second-order valence-corrected chi connectivity index (χ2v) is 2.76. The van der Waals surface area contributed by atoms with Crippen LogP contribution < -0.4 is 5.73 Å². The number of halogens is 3. The molecule has 2 N–H and O–H groups in total. The van der Waals surface area contributed by atoms with Gasteiger partial charge in [-0.3, -0.25) is 4.98 Å². The van der Waals surface area contributed by atoms with E-state index in [4.69, 9.17) is 22.6 Å². The molecule has 1 heterocycles. The van der Waals surface area contributed by atoms with Gasteiger partial charge in [0.15, 0.2) is 0 Å². The number of alkyl halides is 3. The van der Waals surface area contributed by atoms with E-state index in [0.29, 0.717) is 0 Å². The van der Waals surface area contributed by atoms with Crippen LogP contribution in [0.4, 0.5) is 14.5 Å². The van der Waals surface area contributed by atoms with Crippen LogP contribution in [0.3, 0.4) is 0 Å². The molecule has 0 atom stereocenters. The highest BCUT2D eigenvalue weighted by molar-refractivity contribution is 6.17. The van der Waals surface area contributed by atoms with Crippen molar-refractivity contribution in [3.05, 3.63) is 23.0 Å². The van der Waals surface area contributed by atoms with Crippen LogP contribution in [0.25, 0.3) is 0 Å². The number of anilines is 1. The summed E-state index contributed by atoms with van der Waals surface area (Å²) in [5.41, 5.74) is 5.00. The molecule has 0 aliphatic heterocycles. The average Bonchev–Trinajstić information content (AvgIpc) is 2.16. The third-order valence-electron chi connectivity index (χ3n) is 1.72. The number of nitriles is 1. The molecule has 0 saturated heterocycles. The quantitative estimate of drug-likeness (QED) is 0.773. The summed E-state index contributed by atoms with van der Waals surface area (Å²) < 4.78 is 24.6. The SMILES string of the molecule is N#Cc1cnc(C(F)F)c(N)c1CCl. The van der Waals surface area contributed by atoms with Crippen LogP contribution in [0.15, 0.2) is 6.20 Å². The zero-order chi connectivity index (χ0) is 10.7. The van der Waals surface area contributed by atoms with Gasteiger partial charge in [-0.25, -0.2) is 8.78 Å². The number of hydrogen-bond donors (Lipinski definition) is 1. The fourth-order valence-corrected chi connectivity index (χ4v) is 1.28. The highest BCUT2D eigenvalue weighted by Gasteiger charge is 2.17. The molecule has 0 aliphatic carbocycles. The second kappa shape index (κ2) is 4.20. The van der Waals surface area contributed by atoms with Crippen molar-refractivity contribution >= 4 is 17.3 Å². The maximum atomic E-state index is 12.3. The summed E-state index contributed by atoms with van der Waals surface area (Å²) >= 11 is 5.49. The lowest BCUT2D eigenvalue weighted by molar-refractivity contribution is 0.147. The molecule has 0 bridgehead atoms. The molecule has 14 heavy (non-hydrogen) atoms. The smallest absolute Gasteiger partial charge is 0.282 e. The predicted molar refractivity (Wildman–Crippen MR) is 47.9 cm³/mol. The molecule has 0 unspecified atom stereocenters. The minimum absolute atomic E-state index is 0.0863. The minimum atomic E-state index is -2.76. The minimum Gasteiger partial charge on any atom is -0.397 e. The number of rotatable bonds is 2. The van der Waals surface area contributed by atoms with Crippen molar-refractivity contribution in [3.63, 3.8) is 0 Å². The zero-order valence-corrected chi connectivity index (χ0v) is 7.72. The summed E-state index contributed by atoms with van der Waals surface area (Å²) in [6, 6.07) is 1.78. The van der Waals surface area contributed by atoms with Crippen LogP contribution in [-0.4, -0.2) is 4.98 Å². The van der Waals surface area contributed by atoms with Gasteiger partial charge < -0.3 is 5.73 Å². The van der Waals surface area contributed by atoms with Crippen LogP contribution in [0.1, 0.15) is 23.2 Å². The van der Waals surface area contributed by atoms with Crippen molar-refractivity contribution in [2.45, 2.75) is 12.3 Å². The number of aromatic nitrogens is 1. The fraction of sp³-hybridized carbons (Fsp3) is 0.250. The maximum Gasteiger partial charge on any atom is 0.282 e. The normalized spacial score (nSPS) is 10.2. The van der Waals surface area contributed by atoms with Crippen molar-refractivity contribution < 1.29 is 8.78 Å². The third kappa shape index (κ3) is 1.75. The molecule has 0 fully saturated rings. The number of pyridine rings is 1. The van der Waals surface area contributed by atoms with E-state index in [2.05, 4.69) is 4.98 Å². The number of hydrogen-bond acceptors (Lipinski definition) is 3. The van der Waals surface area contributed by atoms with E-state index < -0.39 is 12.1 Å². The molecular formula is C8H6ClF2N3. The molecule has 0 saturated carbocycles. The van der Waals surface area contributed by atoms with Crippen LogP contribution in [0.5, 0.6) is 0 Å². The molecule has 0 amide bonds. The summed E-state index contributed by atoms with van der Waals surface area (Å²) in [6.07, 6.45) is -1.71. The Labute approximate surface area is 84.1 Å². The van der Waals surface area contributed by atoms with Gasteiger partial charge in [0.2, 0.25) is 0 Å². The highest BCUT2D eigenvalue weighted by atomic mass is 35.5. The molecule has 74 valence electrons. The maximum absolute atomic E-state index is 12.3. The Bertz CT molecular complexity index is 387. The van der Waals surface area contributed by atoms with Crippen LogP contribution in [-0.2, 0) is 5.88 Å². The molecule has 0 radical (unpaired) electrons. The number of nitrogens with zero attached hydrogens (tertiary/aromatic N) is 2. The first-order valence-corrected chi connectivity index (χ1v) is 4.16. The van der Waals surface area contributed by atoms with Gasteiger partial charge in [0.1, 0.15) is 11.8 Å². The summed E-state index contributed by atoms with van der Waals surface area (Å²) in [5, 5.41) is 8.61. The van der Waals surface area contributed by atoms with E-state index in [-0.39, 0.29) is 22.7 Å². The second-order valence-electron chi connectivity index (χ2n) is 2.50. The van der Waals surface area contributed by atoms with Gasteiger partial charge in [0.25, 0.3) is 6.43 Å². The van der Waals surface area contributed by atoms with Gasteiger partial charge in [-0.2, -0.15) is 5.26 Å². The number of nitrogen functional groups attached to an aromatic ring is 1. The van der Waals surface area contributed by atoms with Crippen molar-refractivity contribution in [3.8, 4) is 6.07 Å². The summed E-state index contributed by atoms with van der Waals surface area (Å²) in [4.78, 5) is 3.40. The fourth-order valence-electron chi connectivity index (χ4n) is 0.995. The van der Waals surface area contributed by atoms with Crippen molar-refractivity contribution in [1.82, 2.24) is 4.98 Å². The molecule has 3 nitrogen and oxygen atoms in total.